The molecule has 57 heavy (non-hydrogen) atoms. The van der Waals surface area contributed by atoms with Crippen LogP contribution in [0.2, 0.25) is 0 Å². The highest BCUT2D eigenvalue weighted by atomic mass is 16.5. The summed E-state index contributed by atoms with van der Waals surface area (Å²) >= 11 is 0. The number of phenols is 1. The number of phenolic OH excluding ortho intramolecular Hbond substituents is 1. The molecular weight excluding hydrogens is 721 g/mol. The lowest BCUT2D eigenvalue weighted by molar-refractivity contribution is -0.155. The molecule has 306 valence electrons. The van der Waals surface area contributed by atoms with Crippen molar-refractivity contribution in [1.82, 2.24) is 25.6 Å². The molecule has 7 rings (SSSR count). The van der Waals surface area contributed by atoms with Crippen molar-refractivity contribution >= 4 is 40.5 Å². The highest BCUT2D eigenvalue weighted by Crippen LogP contribution is 2.42. The van der Waals surface area contributed by atoms with E-state index < -0.39 is 29.5 Å². The fourth-order valence-corrected chi connectivity index (χ4v) is 9.46. The van der Waals surface area contributed by atoms with E-state index in [9.17, 15) is 19.5 Å². The molecule has 6 bridgehead atoms. The Kier molecular flexibility index (Phi) is 12.2. The summed E-state index contributed by atoms with van der Waals surface area (Å²) < 4.78 is 14.3. The van der Waals surface area contributed by atoms with E-state index >= 15 is 0 Å². The number of fused-ring (bicyclic) bond motifs is 6. The number of aromatic hydroxyl groups is 1. The van der Waals surface area contributed by atoms with Gasteiger partial charge < -0.3 is 29.8 Å². The quantitative estimate of drug-likeness (QED) is 0.202. The third-order valence-electron chi connectivity index (χ3n) is 12.4. The average Bonchev–Trinajstić information content (AvgIpc) is 3.85. The molecule has 2 fully saturated rings. The number of amides is 2. The molecule has 4 atom stereocenters. The van der Waals surface area contributed by atoms with Crippen LogP contribution in [-0.4, -0.2) is 90.2 Å². The number of esters is 1. The minimum absolute atomic E-state index is 0.0732. The van der Waals surface area contributed by atoms with Crippen LogP contribution in [0.5, 0.6) is 5.75 Å². The molecule has 4 N–H and O–H groups in total. The number of carbonyl (C=O) groups is 3. The average molecular weight is 781 g/mol. The second-order valence-corrected chi connectivity index (χ2v) is 17.1. The summed E-state index contributed by atoms with van der Waals surface area (Å²) in [5, 5.41) is 20.1. The lowest BCUT2D eigenvalue weighted by Crippen LogP contribution is -2.61. The molecule has 3 aliphatic heterocycles. The number of methoxy groups -OCH3 is 1. The molecule has 12 heteroatoms. The zero-order chi connectivity index (χ0) is 40.4. The van der Waals surface area contributed by atoms with Crippen LogP contribution in [0.15, 0.2) is 47.1 Å². The Bertz CT molecular complexity index is 2060. The molecule has 4 aliphatic rings. The maximum absolute atomic E-state index is 14.4. The summed E-state index contributed by atoms with van der Waals surface area (Å²) in [6.45, 7) is 9.73. The van der Waals surface area contributed by atoms with Crippen molar-refractivity contribution in [3.8, 4) is 16.9 Å². The number of likely N-dealkylation sites (N-methyl/N-ethyl adjacent to an activating group) is 1. The Labute approximate surface area is 336 Å². The number of nitrogens with one attached hydrogen (secondary N) is 3. The first-order valence-electron chi connectivity index (χ1n) is 20.9. The molecular formula is C45H60N6O6. The molecule has 1 saturated carbocycles. The monoisotopic (exact) mass is 780 g/mol. The number of nitrogens with zero attached hydrogens (tertiary/aromatic N) is 3. The summed E-state index contributed by atoms with van der Waals surface area (Å²) in [6, 6.07) is 9.75. The lowest BCUT2D eigenvalue weighted by Gasteiger charge is -2.36. The molecule has 1 aliphatic carbocycles. The van der Waals surface area contributed by atoms with Gasteiger partial charge in [-0.05, 0) is 118 Å². The number of hydrogen-bond acceptors (Lipinski definition) is 9. The predicted octanol–water partition coefficient (Wildman–Crippen LogP) is 6.07. The van der Waals surface area contributed by atoms with Crippen LogP contribution in [0.4, 0.5) is 0 Å². The molecule has 4 heterocycles. The molecule has 1 aromatic heterocycles. The number of aromatic nitrogens is 1. The van der Waals surface area contributed by atoms with E-state index in [1.54, 1.807) is 26.3 Å². The first-order chi connectivity index (χ1) is 27.4. The standard InChI is InChI=1S/C45H60N6O6/c1-7-50-38-17-16-30-24-34(38)35(41(50)33-14-10-18-47-39(33)27(2)56-6)25-45(3,4)26-57-44(55)36-15-11-19-51(49-36)43(54)37(22-28-20-31(30)23-32(52)21-28)48-42(53)40(46-5)29-12-8-9-13-29/h16-18,20-21,23-24,27,29,36-37,40,46,49,52H,7-15,19,22,25-26H2,1-6H3,(H,48,53)/t27-,36-,37-,40-/m0/s1. The SMILES string of the molecule is CCn1c(C2=C([C@H](C)OC)N=CCC2)c2c3cc(ccc31)-c1cc(O)cc(c1)C[C@H](NC(=O)[C@@H](NC)C1CCCC1)C(=O)N1CCC[C@H](N1)C(=O)OCC(C)(C)C2. The van der Waals surface area contributed by atoms with Crippen LogP contribution in [0, 0.1) is 11.3 Å². The van der Waals surface area contributed by atoms with Gasteiger partial charge in [-0.25, -0.2) is 5.43 Å². The summed E-state index contributed by atoms with van der Waals surface area (Å²) in [4.78, 5) is 47.0. The third-order valence-corrected chi connectivity index (χ3v) is 12.4. The van der Waals surface area contributed by atoms with Gasteiger partial charge in [0.05, 0.1) is 30.1 Å². The largest absolute Gasteiger partial charge is 0.508 e. The van der Waals surface area contributed by atoms with Crippen molar-refractivity contribution in [2.75, 3.05) is 27.3 Å². The summed E-state index contributed by atoms with van der Waals surface area (Å²) in [7, 11) is 3.50. The van der Waals surface area contributed by atoms with E-state index in [2.05, 4.69) is 59.6 Å². The summed E-state index contributed by atoms with van der Waals surface area (Å²) in [6.07, 6.45) is 9.37. The van der Waals surface area contributed by atoms with Crippen molar-refractivity contribution < 1.29 is 29.0 Å². The van der Waals surface area contributed by atoms with Gasteiger partial charge in [0.25, 0.3) is 5.91 Å². The van der Waals surface area contributed by atoms with Gasteiger partial charge in [-0.3, -0.25) is 24.4 Å². The topological polar surface area (TPSA) is 147 Å². The zero-order valence-electron chi connectivity index (χ0n) is 34.5. The van der Waals surface area contributed by atoms with Gasteiger partial charge >= 0.3 is 5.97 Å². The Morgan fingerprint density at radius 1 is 1.11 bits per heavy atom. The van der Waals surface area contributed by atoms with E-state index in [1.165, 1.54) is 5.01 Å². The third kappa shape index (κ3) is 8.54. The smallest absolute Gasteiger partial charge is 0.324 e. The van der Waals surface area contributed by atoms with Crippen LogP contribution < -0.4 is 16.1 Å². The number of ether oxygens (including phenoxy) is 2. The second-order valence-electron chi connectivity index (χ2n) is 17.1. The predicted molar refractivity (Wildman–Crippen MR) is 223 cm³/mol. The van der Waals surface area contributed by atoms with E-state index in [0.717, 1.165) is 89.6 Å². The number of benzene rings is 2. The number of hydrogen-bond donors (Lipinski definition) is 4. The lowest BCUT2D eigenvalue weighted by atomic mass is 9.83. The van der Waals surface area contributed by atoms with Crippen molar-refractivity contribution in [3.05, 3.63) is 58.9 Å². The fraction of sp³-hybridized carbons (Fsp3) is 0.556. The number of carbonyl (C=O) groups excluding carboxylic acids is 3. The van der Waals surface area contributed by atoms with Gasteiger partial charge in [0.15, 0.2) is 0 Å². The maximum atomic E-state index is 14.4. The minimum Gasteiger partial charge on any atom is -0.508 e. The van der Waals surface area contributed by atoms with Gasteiger partial charge in [0.2, 0.25) is 5.91 Å². The van der Waals surface area contributed by atoms with Crippen molar-refractivity contribution in [2.24, 2.45) is 16.3 Å². The van der Waals surface area contributed by atoms with Crippen LogP contribution in [0.1, 0.15) is 95.9 Å². The zero-order valence-corrected chi connectivity index (χ0v) is 34.5. The van der Waals surface area contributed by atoms with Gasteiger partial charge in [-0.1, -0.05) is 38.8 Å². The summed E-state index contributed by atoms with van der Waals surface area (Å²) in [5.41, 5.74) is 10.6. The first-order valence-corrected chi connectivity index (χ1v) is 20.9. The van der Waals surface area contributed by atoms with Crippen LogP contribution in [-0.2, 0) is 43.2 Å². The van der Waals surface area contributed by atoms with Crippen molar-refractivity contribution in [1.29, 1.82) is 0 Å². The molecule has 0 unspecified atom stereocenters. The molecule has 2 aromatic carbocycles. The molecule has 0 radical (unpaired) electrons. The number of cyclic esters (lactones) is 1. The van der Waals surface area contributed by atoms with E-state index in [0.29, 0.717) is 31.4 Å². The first kappa shape index (κ1) is 40.7. The molecule has 12 nitrogen and oxygen atoms in total. The maximum Gasteiger partial charge on any atom is 0.324 e. The van der Waals surface area contributed by atoms with E-state index in [-0.39, 0.29) is 42.6 Å². The van der Waals surface area contributed by atoms with Gasteiger partial charge in [0, 0.05) is 54.7 Å². The Balaban J connectivity index is 1.37. The molecule has 0 spiro atoms. The fourth-order valence-electron chi connectivity index (χ4n) is 9.46. The van der Waals surface area contributed by atoms with E-state index in [4.69, 9.17) is 14.5 Å². The Morgan fingerprint density at radius 2 is 1.89 bits per heavy atom. The Morgan fingerprint density at radius 3 is 2.63 bits per heavy atom. The minimum atomic E-state index is -0.949. The van der Waals surface area contributed by atoms with Crippen molar-refractivity contribution in [2.45, 2.75) is 123 Å². The van der Waals surface area contributed by atoms with Gasteiger partial charge in [0.1, 0.15) is 17.8 Å². The highest BCUT2D eigenvalue weighted by Gasteiger charge is 2.37. The second kappa shape index (κ2) is 17.1. The summed E-state index contributed by atoms with van der Waals surface area (Å²) in [5.74, 6) is -0.708. The number of aliphatic imine (C=N–C) groups is 1. The van der Waals surface area contributed by atoms with Crippen LogP contribution in [0.3, 0.4) is 0 Å². The molecule has 3 aromatic rings. The van der Waals surface area contributed by atoms with Crippen LogP contribution >= 0.6 is 0 Å². The van der Waals surface area contributed by atoms with E-state index in [1.807, 2.05) is 19.2 Å². The molecule has 2 amide bonds. The highest BCUT2D eigenvalue weighted by molar-refractivity contribution is 5.95. The number of aryl methyl sites for hydroxylation is 1. The number of hydrazine groups is 1. The van der Waals surface area contributed by atoms with Crippen LogP contribution in [0.25, 0.3) is 27.6 Å². The van der Waals surface area contributed by atoms with Crippen molar-refractivity contribution in [3.63, 3.8) is 0 Å². The van der Waals surface area contributed by atoms with Gasteiger partial charge in [-0.2, -0.15) is 0 Å². The number of allylic oxidation sites excluding steroid dienone is 1. The normalized spacial score (nSPS) is 23.0. The van der Waals surface area contributed by atoms with Gasteiger partial charge in [-0.15, -0.1) is 0 Å². The molecule has 1 saturated heterocycles. The Hall–Kier alpha value is -4.52. The number of rotatable bonds is 8.